The van der Waals surface area contributed by atoms with Crippen molar-refractivity contribution >= 4 is 23.2 Å². The van der Waals surface area contributed by atoms with Gasteiger partial charge in [0, 0.05) is 34.8 Å². The highest BCUT2D eigenvalue weighted by molar-refractivity contribution is 6.35. The van der Waals surface area contributed by atoms with E-state index in [1.165, 1.54) is 0 Å². The second-order valence-electron chi connectivity index (χ2n) is 4.22. The van der Waals surface area contributed by atoms with Crippen molar-refractivity contribution in [2.24, 2.45) is 0 Å². The summed E-state index contributed by atoms with van der Waals surface area (Å²) in [5.41, 5.74) is 2.10. The van der Waals surface area contributed by atoms with Gasteiger partial charge in [0.15, 0.2) is 0 Å². The second kappa shape index (κ2) is 5.11. The van der Waals surface area contributed by atoms with E-state index in [9.17, 15) is 0 Å². The Kier molecular flexibility index (Phi) is 3.32. The molecule has 3 rings (SSSR count). The number of aromatic amines is 1. The SMILES string of the molecule is Clc1ccc(C(c2cc[nH]c2)n2ccnc2)c(Cl)c1. The lowest BCUT2D eigenvalue weighted by Crippen LogP contribution is -2.10. The zero-order valence-electron chi connectivity index (χ0n) is 9.92. The zero-order valence-corrected chi connectivity index (χ0v) is 11.4. The molecule has 0 radical (unpaired) electrons. The van der Waals surface area contributed by atoms with E-state index in [0.717, 1.165) is 11.1 Å². The molecule has 3 aromatic rings. The number of hydrogen-bond acceptors (Lipinski definition) is 1. The smallest absolute Gasteiger partial charge is 0.0954 e. The van der Waals surface area contributed by atoms with Crippen LogP contribution in [0.25, 0.3) is 0 Å². The molecule has 0 saturated heterocycles. The maximum atomic E-state index is 6.33. The molecule has 0 spiro atoms. The lowest BCUT2D eigenvalue weighted by Gasteiger charge is -2.19. The molecule has 1 unspecified atom stereocenters. The van der Waals surface area contributed by atoms with Crippen LogP contribution in [0.1, 0.15) is 17.2 Å². The van der Waals surface area contributed by atoms with Gasteiger partial charge in [0.2, 0.25) is 0 Å². The van der Waals surface area contributed by atoms with Crippen LogP contribution < -0.4 is 0 Å². The minimum absolute atomic E-state index is 0.0153. The van der Waals surface area contributed by atoms with Crippen molar-refractivity contribution in [1.82, 2.24) is 14.5 Å². The summed E-state index contributed by atoms with van der Waals surface area (Å²) < 4.78 is 2.01. The summed E-state index contributed by atoms with van der Waals surface area (Å²) in [7, 11) is 0. The molecule has 0 saturated carbocycles. The number of nitrogens with one attached hydrogen (secondary N) is 1. The average Bonchev–Trinajstić information content (AvgIpc) is 3.06. The van der Waals surface area contributed by atoms with Gasteiger partial charge in [-0.1, -0.05) is 29.3 Å². The molecule has 1 aromatic carbocycles. The fourth-order valence-corrected chi connectivity index (χ4v) is 2.68. The maximum Gasteiger partial charge on any atom is 0.0954 e. The minimum atomic E-state index is -0.0153. The van der Waals surface area contributed by atoms with E-state index in [1.807, 2.05) is 41.4 Å². The predicted octanol–water partition coefficient (Wildman–Crippen LogP) is 4.16. The molecule has 2 heterocycles. The van der Waals surface area contributed by atoms with Gasteiger partial charge in [0.05, 0.1) is 12.4 Å². The molecule has 0 fully saturated rings. The third-order valence-electron chi connectivity index (χ3n) is 3.02. The van der Waals surface area contributed by atoms with Crippen LogP contribution in [0.5, 0.6) is 0 Å². The van der Waals surface area contributed by atoms with Gasteiger partial charge in [-0.3, -0.25) is 0 Å². The Bertz CT molecular complexity index is 626. The molecule has 2 aromatic heterocycles. The molecule has 0 bridgehead atoms. The van der Waals surface area contributed by atoms with Gasteiger partial charge in [-0.2, -0.15) is 0 Å². The van der Waals surface area contributed by atoms with Crippen LogP contribution in [0.15, 0.2) is 55.4 Å². The number of rotatable bonds is 3. The minimum Gasteiger partial charge on any atom is -0.367 e. The van der Waals surface area contributed by atoms with Crippen LogP contribution in [0, 0.1) is 0 Å². The van der Waals surface area contributed by atoms with E-state index in [4.69, 9.17) is 23.2 Å². The fraction of sp³-hybridized carbons (Fsp3) is 0.0714. The van der Waals surface area contributed by atoms with Crippen molar-refractivity contribution < 1.29 is 0 Å². The van der Waals surface area contributed by atoms with E-state index >= 15 is 0 Å². The largest absolute Gasteiger partial charge is 0.367 e. The van der Waals surface area contributed by atoms with Crippen LogP contribution in [0.2, 0.25) is 10.0 Å². The normalized spacial score (nSPS) is 12.5. The molecule has 0 aliphatic heterocycles. The van der Waals surface area contributed by atoms with Gasteiger partial charge in [0.25, 0.3) is 0 Å². The Hall–Kier alpha value is -1.71. The summed E-state index contributed by atoms with van der Waals surface area (Å²) in [6, 6.07) is 7.56. The lowest BCUT2D eigenvalue weighted by molar-refractivity contribution is 0.678. The van der Waals surface area contributed by atoms with Crippen LogP contribution in [0.4, 0.5) is 0 Å². The van der Waals surface area contributed by atoms with Gasteiger partial charge in [0.1, 0.15) is 0 Å². The van der Waals surface area contributed by atoms with E-state index in [0.29, 0.717) is 10.0 Å². The second-order valence-corrected chi connectivity index (χ2v) is 5.07. The summed E-state index contributed by atoms with van der Waals surface area (Å²) in [6.45, 7) is 0. The first-order valence-corrected chi connectivity index (χ1v) is 6.56. The third kappa shape index (κ3) is 2.39. The van der Waals surface area contributed by atoms with Gasteiger partial charge in [-0.15, -0.1) is 0 Å². The number of aromatic nitrogens is 3. The Morgan fingerprint density at radius 3 is 2.74 bits per heavy atom. The summed E-state index contributed by atoms with van der Waals surface area (Å²) in [5.74, 6) is 0. The Morgan fingerprint density at radius 1 is 1.21 bits per heavy atom. The Morgan fingerprint density at radius 2 is 2.11 bits per heavy atom. The van der Waals surface area contributed by atoms with Crippen LogP contribution in [-0.2, 0) is 0 Å². The molecule has 1 N–H and O–H groups in total. The summed E-state index contributed by atoms with van der Waals surface area (Å²) in [6.07, 6.45) is 9.30. The van der Waals surface area contributed by atoms with Crippen molar-refractivity contribution in [3.63, 3.8) is 0 Å². The zero-order chi connectivity index (χ0) is 13.2. The number of H-pyrrole nitrogens is 1. The topological polar surface area (TPSA) is 33.6 Å². The molecule has 96 valence electrons. The first-order chi connectivity index (χ1) is 9.25. The molecule has 5 heteroatoms. The van der Waals surface area contributed by atoms with E-state index in [-0.39, 0.29) is 6.04 Å². The summed E-state index contributed by atoms with van der Waals surface area (Å²) in [4.78, 5) is 7.18. The quantitative estimate of drug-likeness (QED) is 0.772. The van der Waals surface area contributed by atoms with Crippen LogP contribution >= 0.6 is 23.2 Å². The number of benzene rings is 1. The van der Waals surface area contributed by atoms with Crippen molar-refractivity contribution in [1.29, 1.82) is 0 Å². The summed E-state index contributed by atoms with van der Waals surface area (Å²) in [5, 5.41) is 1.28. The molecule has 0 aliphatic carbocycles. The highest BCUT2D eigenvalue weighted by Crippen LogP contribution is 2.33. The third-order valence-corrected chi connectivity index (χ3v) is 3.58. The van der Waals surface area contributed by atoms with Crippen LogP contribution in [0.3, 0.4) is 0 Å². The van der Waals surface area contributed by atoms with Gasteiger partial charge < -0.3 is 9.55 Å². The molecular weight excluding hydrogens is 281 g/mol. The number of halogens is 2. The monoisotopic (exact) mass is 291 g/mol. The molecule has 19 heavy (non-hydrogen) atoms. The average molecular weight is 292 g/mol. The molecule has 3 nitrogen and oxygen atoms in total. The fourth-order valence-electron chi connectivity index (χ4n) is 2.16. The number of hydrogen-bond donors (Lipinski definition) is 1. The van der Waals surface area contributed by atoms with Crippen LogP contribution in [-0.4, -0.2) is 14.5 Å². The van der Waals surface area contributed by atoms with E-state index in [2.05, 4.69) is 9.97 Å². The van der Waals surface area contributed by atoms with Gasteiger partial charge in [-0.25, -0.2) is 4.98 Å². The Labute approximate surface area is 120 Å². The molecular formula is C14H11Cl2N3. The molecule has 1 atom stereocenters. The van der Waals surface area contributed by atoms with Gasteiger partial charge in [-0.05, 0) is 29.3 Å². The van der Waals surface area contributed by atoms with Crippen molar-refractivity contribution in [3.8, 4) is 0 Å². The van der Waals surface area contributed by atoms with Crippen molar-refractivity contribution in [3.05, 3.63) is 76.6 Å². The number of nitrogens with zero attached hydrogens (tertiary/aromatic N) is 2. The molecule has 0 amide bonds. The Balaban J connectivity index is 2.14. The lowest BCUT2D eigenvalue weighted by atomic mass is 10.0. The maximum absolute atomic E-state index is 6.33. The van der Waals surface area contributed by atoms with E-state index in [1.54, 1.807) is 18.6 Å². The van der Waals surface area contributed by atoms with Gasteiger partial charge >= 0.3 is 0 Å². The first-order valence-electron chi connectivity index (χ1n) is 5.81. The van der Waals surface area contributed by atoms with Crippen molar-refractivity contribution in [2.75, 3.05) is 0 Å². The predicted molar refractivity (Wildman–Crippen MR) is 76.7 cm³/mol. The standard InChI is InChI=1S/C14H11Cl2N3/c15-11-1-2-12(13(16)7-11)14(10-3-4-17-8-10)19-6-5-18-9-19/h1-9,14,17H. The van der Waals surface area contributed by atoms with E-state index < -0.39 is 0 Å². The first kappa shape index (κ1) is 12.3. The highest BCUT2D eigenvalue weighted by atomic mass is 35.5. The van der Waals surface area contributed by atoms with Crippen molar-refractivity contribution in [2.45, 2.75) is 6.04 Å². The summed E-state index contributed by atoms with van der Waals surface area (Å²) >= 11 is 12.3. The highest BCUT2D eigenvalue weighted by Gasteiger charge is 2.19. The molecule has 0 aliphatic rings. The number of imidazole rings is 1.